The summed E-state index contributed by atoms with van der Waals surface area (Å²) in [7, 11) is 4.50. The Morgan fingerprint density at radius 1 is 0.581 bits per heavy atom. The minimum atomic E-state index is -1.19. The van der Waals surface area contributed by atoms with Crippen LogP contribution >= 0.6 is 0 Å². The molecule has 0 saturated heterocycles. The molecule has 0 amide bonds. The quantitative estimate of drug-likeness (QED) is 0.484. The molecule has 0 saturated carbocycles. The summed E-state index contributed by atoms with van der Waals surface area (Å²) in [5, 5.41) is 12.0. The summed E-state index contributed by atoms with van der Waals surface area (Å²) >= 11 is 0. The van der Waals surface area contributed by atoms with Crippen molar-refractivity contribution in [1.82, 2.24) is 0 Å². The first-order valence-corrected chi connectivity index (χ1v) is 10.3. The second kappa shape index (κ2) is 14.1. The first-order chi connectivity index (χ1) is 15.3. The summed E-state index contributed by atoms with van der Waals surface area (Å²) in [4.78, 5) is 0. The molecule has 31 heavy (non-hydrogen) atoms. The molecule has 4 rings (SSSR count). The highest BCUT2D eigenvalue weighted by Gasteiger charge is 2.36. The van der Waals surface area contributed by atoms with Crippen molar-refractivity contribution < 1.29 is 5.11 Å². The van der Waals surface area contributed by atoms with E-state index in [-0.39, 0.29) is 5.92 Å². The molecular formula is C27H35N3O. The SMILES string of the molecule is CN.CN.CN.OC(c1ccccc1)(c1ccccc1)c1ccccc1C1C=CC=C1. The molecule has 4 nitrogen and oxygen atoms in total. The molecule has 0 aromatic heterocycles. The molecule has 4 heteroatoms. The number of rotatable bonds is 4. The van der Waals surface area contributed by atoms with Gasteiger partial charge in [0.2, 0.25) is 0 Å². The lowest BCUT2D eigenvalue weighted by molar-refractivity contribution is 0.124. The van der Waals surface area contributed by atoms with Gasteiger partial charge in [-0.25, -0.2) is 0 Å². The van der Waals surface area contributed by atoms with Crippen LogP contribution in [0.3, 0.4) is 0 Å². The molecule has 164 valence electrons. The van der Waals surface area contributed by atoms with Gasteiger partial charge < -0.3 is 22.3 Å². The topological polar surface area (TPSA) is 98.3 Å². The Balaban J connectivity index is 0.000000739. The van der Waals surface area contributed by atoms with Crippen LogP contribution in [-0.4, -0.2) is 26.2 Å². The predicted molar refractivity (Wildman–Crippen MR) is 133 cm³/mol. The maximum atomic E-state index is 12.0. The smallest absolute Gasteiger partial charge is 0.140 e. The van der Waals surface area contributed by atoms with Crippen LogP contribution < -0.4 is 17.2 Å². The third-order valence-electron chi connectivity index (χ3n) is 4.84. The third kappa shape index (κ3) is 6.00. The van der Waals surface area contributed by atoms with Gasteiger partial charge in [-0.2, -0.15) is 0 Å². The molecule has 3 aromatic rings. The molecule has 0 fully saturated rings. The number of allylic oxidation sites excluding steroid dienone is 4. The van der Waals surface area contributed by atoms with Crippen molar-refractivity contribution in [3.05, 3.63) is 131 Å². The van der Waals surface area contributed by atoms with Crippen LogP contribution in [0.25, 0.3) is 0 Å². The Bertz CT molecular complexity index is 870. The molecule has 0 atom stereocenters. The fourth-order valence-electron chi connectivity index (χ4n) is 3.59. The molecule has 0 radical (unpaired) electrons. The van der Waals surface area contributed by atoms with Gasteiger partial charge in [0.1, 0.15) is 5.60 Å². The summed E-state index contributed by atoms with van der Waals surface area (Å²) in [6.45, 7) is 0. The maximum absolute atomic E-state index is 12.0. The average Bonchev–Trinajstić information content (AvgIpc) is 3.43. The van der Waals surface area contributed by atoms with E-state index in [1.165, 1.54) is 21.1 Å². The van der Waals surface area contributed by atoms with E-state index in [1.807, 2.05) is 78.9 Å². The first kappa shape index (κ1) is 26.0. The van der Waals surface area contributed by atoms with Crippen LogP contribution in [0.5, 0.6) is 0 Å². The molecule has 7 N–H and O–H groups in total. The van der Waals surface area contributed by atoms with Crippen LogP contribution in [0.15, 0.2) is 109 Å². The highest BCUT2D eigenvalue weighted by molar-refractivity contribution is 5.52. The van der Waals surface area contributed by atoms with Crippen LogP contribution in [0.4, 0.5) is 0 Å². The van der Waals surface area contributed by atoms with Crippen molar-refractivity contribution in [2.24, 2.45) is 17.2 Å². The lowest BCUT2D eigenvalue weighted by Crippen LogP contribution is -2.30. The first-order valence-electron chi connectivity index (χ1n) is 10.3. The molecule has 3 aromatic carbocycles. The van der Waals surface area contributed by atoms with E-state index in [0.717, 1.165) is 22.3 Å². The maximum Gasteiger partial charge on any atom is 0.140 e. The summed E-state index contributed by atoms with van der Waals surface area (Å²) in [6, 6.07) is 28.0. The van der Waals surface area contributed by atoms with Crippen molar-refractivity contribution in [3.8, 4) is 0 Å². The zero-order chi connectivity index (χ0) is 23.1. The van der Waals surface area contributed by atoms with Crippen LogP contribution in [0.1, 0.15) is 28.2 Å². The van der Waals surface area contributed by atoms with Gasteiger partial charge >= 0.3 is 0 Å². The molecule has 0 spiro atoms. The fourth-order valence-corrected chi connectivity index (χ4v) is 3.59. The van der Waals surface area contributed by atoms with Crippen molar-refractivity contribution in [3.63, 3.8) is 0 Å². The predicted octanol–water partition coefficient (Wildman–Crippen LogP) is 3.91. The van der Waals surface area contributed by atoms with Crippen molar-refractivity contribution in [2.75, 3.05) is 21.1 Å². The van der Waals surface area contributed by atoms with Gasteiger partial charge in [-0.1, -0.05) is 109 Å². The van der Waals surface area contributed by atoms with E-state index in [9.17, 15) is 5.11 Å². The largest absolute Gasteiger partial charge is 0.376 e. The van der Waals surface area contributed by atoms with Gasteiger partial charge in [-0.05, 0) is 43.4 Å². The number of aliphatic hydroxyl groups is 1. The highest BCUT2D eigenvalue weighted by atomic mass is 16.3. The summed E-state index contributed by atoms with van der Waals surface area (Å²) in [5.41, 5.74) is 16.1. The number of hydrogen-bond donors (Lipinski definition) is 4. The van der Waals surface area contributed by atoms with Crippen molar-refractivity contribution in [2.45, 2.75) is 11.5 Å². The summed E-state index contributed by atoms with van der Waals surface area (Å²) in [5.74, 6) is 0.190. The highest BCUT2D eigenvalue weighted by Crippen LogP contribution is 2.41. The average molecular weight is 418 g/mol. The molecular weight excluding hydrogens is 382 g/mol. The Morgan fingerprint density at radius 2 is 0.968 bits per heavy atom. The minimum Gasteiger partial charge on any atom is -0.376 e. The van der Waals surface area contributed by atoms with Crippen molar-refractivity contribution >= 4 is 0 Å². The van der Waals surface area contributed by atoms with Gasteiger partial charge in [0.25, 0.3) is 0 Å². The molecule has 0 heterocycles. The fraction of sp³-hybridized carbons (Fsp3) is 0.185. The molecule has 1 aliphatic carbocycles. The Labute approximate surface area is 186 Å². The van der Waals surface area contributed by atoms with Crippen LogP contribution in [0, 0.1) is 0 Å². The zero-order valence-corrected chi connectivity index (χ0v) is 18.6. The lowest BCUT2D eigenvalue weighted by Gasteiger charge is -2.33. The van der Waals surface area contributed by atoms with Gasteiger partial charge in [0.15, 0.2) is 0 Å². The zero-order valence-electron chi connectivity index (χ0n) is 18.6. The molecule has 0 aliphatic heterocycles. The summed E-state index contributed by atoms with van der Waals surface area (Å²) < 4.78 is 0. The standard InChI is InChI=1S/C24H20O.3CH5N/c25-24(20-13-3-1-4-14-20,21-15-5-2-6-16-21)23-18-10-9-17-22(23)19-11-7-8-12-19;3*1-2/h1-19,25H;3*2H2,1H3. The number of hydrogen-bond acceptors (Lipinski definition) is 4. The molecule has 0 bridgehead atoms. The molecule has 1 aliphatic rings. The van der Waals surface area contributed by atoms with Gasteiger partial charge in [0, 0.05) is 5.92 Å². The number of benzene rings is 3. The normalized spacial score (nSPS) is 12.0. The second-order valence-corrected chi connectivity index (χ2v) is 6.33. The van der Waals surface area contributed by atoms with E-state index < -0.39 is 5.60 Å². The van der Waals surface area contributed by atoms with Gasteiger partial charge in [-0.3, -0.25) is 0 Å². The lowest BCUT2D eigenvalue weighted by atomic mass is 9.76. The number of nitrogens with two attached hydrogens (primary N) is 3. The van der Waals surface area contributed by atoms with E-state index in [1.54, 1.807) is 0 Å². The third-order valence-corrected chi connectivity index (χ3v) is 4.84. The van der Waals surface area contributed by atoms with Gasteiger partial charge in [-0.15, -0.1) is 0 Å². The van der Waals surface area contributed by atoms with Gasteiger partial charge in [0.05, 0.1) is 0 Å². The van der Waals surface area contributed by atoms with E-state index in [2.05, 4.69) is 47.6 Å². The van der Waals surface area contributed by atoms with E-state index >= 15 is 0 Å². The Hall–Kier alpha value is -3.02. The summed E-state index contributed by atoms with van der Waals surface area (Å²) in [6.07, 6.45) is 8.45. The Morgan fingerprint density at radius 3 is 1.42 bits per heavy atom. The Kier molecular flexibility index (Phi) is 11.8. The monoisotopic (exact) mass is 417 g/mol. The van der Waals surface area contributed by atoms with E-state index in [0.29, 0.717) is 0 Å². The van der Waals surface area contributed by atoms with Crippen LogP contribution in [0.2, 0.25) is 0 Å². The minimum absolute atomic E-state index is 0.190. The second-order valence-electron chi connectivity index (χ2n) is 6.33. The van der Waals surface area contributed by atoms with E-state index in [4.69, 9.17) is 0 Å². The van der Waals surface area contributed by atoms with Crippen LogP contribution in [-0.2, 0) is 5.60 Å². The van der Waals surface area contributed by atoms with Crippen molar-refractivity contribution in [1.29, 1.82) is 0 Å². The molecule has 0 unspecified atom stereocenters.